The number of rotatable bonds is 5. The Bertz CT molecular complexity index is 1110. The SMILES string of the molecule is CCOc1ccc2nc(N3CCC[C@@H](C(=O)N4CCN(c5ccc(Cl)cc5)CC4)C3)sc2c1. The summed E-state index contributed by atoms with van der Waals surface area (Å²) < 4.78 is 6.76. The fourth-order valence-electron chi connectivity index (χ4n) is 4.73. The highest BCUT2D eigenvalue weighted by Crippen LogP contribution is 2.34. The van der Waals surface area contributed by atoms with Crippen molar-refractivity contribution in [3.63, 3.8) is 0 Å². The molecular formula is C25H29ClN4O2S. The summed E-state index contributed by atoms with van der Waals surface area (Å²) in [4.78, 5) is 24.8. The smallest absolute Gasteiger partial charge is 0.227 e. The van der Waals surface area contributed by atoms with Gasteiger partial charge in [-0.05, 0) is 62.2 Å². The third-order valence-corrected chi connectivity index (χ3v) is 7.81. The van der Waals surface area contributed by atoms with Crippen molar-refractivity contribution < 1.29 is 9.53 Å². The Morgan fingerprint density at radius 3 is 2.64 bits per heavy atom. The van der Waals surface area contributed by atoms with Crippen molar-refractivity contribution in [3.8, 4) is 5.75 Å². The molecule has 0 N–H and O–H groups in total. The quantitative estimate of drug-likeness (QED) is 0.514. The van der Waals surface area contributed by atoms with E-state index in [2.05, 4.69) is 15.9 Å². The van der Waals surface area contributed by atoms with E-state index in [1.54, 1.807) is 11.3 Å². The molecule has 0 spiro atoms. The van der Waals surface area contributed by atoms with E-state index in [1.165, 1.54) is 5.69 Å². The van der Waals surface area contributed by atoms with Crippen LogP contribution in [-0.2, 0) is 4.79 Å². The predicted octanol–water partition coefficient (Wildman–Crippen LogP) is 4.91. The number of halogens is 1. The molecule has 174 valence electrons. The number of amides is 1. The zero-order valence-electron chi connectivity index (χ0n) is 18.9. The second-order valence-electron chi connectivity index (χ2n) is 8.63. The number of carbonyl (C=O) groups is 1. The van der Waals surface area contributed by atoms with Crippen LogP contribution in [0.5, 0.6) is 5.75 Å². The van der Waals surface area contributed by atoms with Crippen LogP contribution in [0.25, 0.3) is 10.2 Å². The summed E-state index contributed by atoms with van der Waals surface area (Å²) in [6.45, 7) is 7.57. The molecule has 0 aliphatic carbocycles. The zero-order valence-corrected chi connectivity index (χ0v) is 20.4. The van der Waals surface area contributed by atoms with Crippen LogP contribution in [0.4, 0.5) is 10.8 Å². The van der Waals surface area contributed by atoms with Crippen molar-refractivity contribution in [1.82, 2.24) is 9.88 Å². The van der Waals surface area contributed by atoms with Crippen molar-refractivity contribution in [1.29, 1.82) is 0 Å². The summed E-state index contributed by atoms with van der Waals surface area (Å²) in [7, 11) is 0. The molecule has 1 atom stereocenters. The van der Waals surface area contributed by atoms with Crippen LogP contribution in [-0.4, -0.2) is 61.7 Å². The number of nitrogens with zero attached hydrogens (tertiary/aromatic N) is 4. The number of hydrogen-bond acceptors (Lipinski definition) is 6. The Labute approximate surface area is 203 Å². The first-order valence-electron chi connectivity index (χ1n) is 11.7. The first kappa shape index (κ1) is 22.3. The van der Waals surface area contributed by atoms with Crippen LogP contribution in [0.2, 0.25) is 5.02 Å². The molecule has 0 saturated carbocycles. The summed E-state index contributed by atoms with van der Waals surface area (Å²) in [6, 6.07) is 14.0. The van der Waals surface area contributed by atoms with Crippen molar-refractivity contribution in [2.75, 3.05) is 55.7 Å². The number of piperidine rings is 1. The second-order valence-corrected chi connectivity index (χ2v) is 10.1. The lowest BCUT2D eigenvalue weighted by Gasteiger charge is -2.39. The van der Waals surface area contributed by atoms with Gasteiger partial charge in [0.1, 0.15) is 5.75 Å². The van der Waals surface area contributed by atoms with Gasteiger partial charge in [-0.25, -0.2) is 4.98 Å². The molecule has 1 amide bonds. The fraction of sp³-hybridized carbons (Fsp3) is 0.440. The number of fused-ring (bicyclic) bond motifs is 1. The molecule has 2 aliphatic heterocycles. The minimum atomic E-state index is 0.0341. The molecule has 8 heteroatoms. The lowest BCUT2D eigenvalue weighted by molar-refractivity contribution is -0.136. The number of aromatic nitrogens is 1. The van der Waals surface area contributed by atoms with E-state index >= 15 is 0 Å². The molecule has 3 aromatic rings. The number of benzene rings is 2. The van der Waals surface area contributed by atoms with E-state index in [4.69, 9.17) is 21.3 Å². The van der Waals surface area contributed by atoms with Crippen molar-refractivity contribution in [3.05, 3.63) is 47.5 Å². The first-order chi connectivity index (χ1) is 16.1. The van der Waals surface area contributed by atoms with Gasteiger partial charge in [0, 0.05) is 50.0 Å². The van der Waals surface area contributed by atoms with E-state index in [9.17, 15) is 4.79 Å². The summed E-state index contributed by atoms with van der Waals surface area (Å²) >= 11 is 7.70. The van der Waals surface area contributed by atoms with Crippen LogP contribution < -0.4 is 14.5 Å². The van der Waals surface area contributed by atoms with E-state index in [1.807, 2.05) is 48.2 Å². The van der Waals surface area contributed by atoms with E-state index in [0.29, 0.717) is 6.61 Å². The maximum atomic E-state index is 13.3. The summed E-state index contributed by atoms with van der Waals surface area (Å²) in [5, 5.41) is 1.75. The molecule has 2 aromatic carbocycles. The Morgan fingerprint density at radius 1 is 1.09 bits per heavy atom. The summed E-state index contributed by atoms with van der Waals surface area (Å²) in [5.74, 6) is 1.20. The molecule has 0 radical (unpaired) electrons. The van der Waals surface area contributed by atoms with Crippen LogP contribution >= 0.6 is 22.9 Å². The van der Waals surface area contributed by atoms with Gasteiger partial charge in [0.2, 0.25) is 5.91 Å². The molecular weight excluding hydrogens is 456 g/mol. The molecule has 6 nitrogen and oxygen atoms in total. The molecule has 0 unspecified atom stereocenters. The Balaban J connectivity index is 1.21. The number of ether oxygens (including phenoxy) is 1. The van der Waals surface area contributed by atoms with Gasteiger partial charge in [0.05, 0.1) is 22.7 Å². The van der Waals surface area contributed by atoms with Crippen LogP contribution in [0, 0.1) is 5.92 Å². The third kappa shape index (κ3) is 4.89. The minimum absolute atomic E-state index is 0.0341. The van der Waals surface area contributed by atoms with Crippen molar-refractivity contribution >= 4 is 49.9 Å². The topological polar surface area (TPSA) is 48.9 Å². The highest BCUT2D eigenvalue weighted by molar-refractivity contribution is 7.22. The monoisotopic (exact) mass is 484 g/mol. The normalized spacial score (nSPS) is 19.2. The van der Waals surface area contributed by atoms with Gasteiger partial charge in [-0.1, -0.05) is 22.9 Å². The zero-order chi connectivity index (χ0) is 22.8. The maximum Gasteiger partial charge on any atom is 0.227 e. The molecule has 3 heterocycles. The van der Waals surface area contributed by atoms with Gasteiger partial charge in [0.25, 0.3) is 0 Å². The van der Waals surface area contributed by atoms with E-state index < -0.39 is 0 Å². The van der Waals surface area contributed by atoms with Gasteiger partial charge in [0.15, 0.2) is 5.13 Å². The van der Waals surface area contributed by atoms with Gasteiger partial charge >= 0.3 is 0 Å². The first-order valence-corrected chi connectivity index (χ1v) is 12.9. The molecule has 33 heavy (non-hydrogen) atoms. The number of carbonyl (C=O) groups excluding carboxylic acids is 1. The minimum Gasteiger partial charge on any atom is -0.494 e. The van der Waals surface area contributed by atoms with Gasteiger partial charge in [-0.15, -0.1) is 0 Å². The van der Waals surface area contributed by atoms with Crippen LogP contribution in [0.1, 0.15) is 19.8 Å². The van der Waals surface area contributed by atoms with Crippen molar-refractivity contribution in [2.45, 2.75) is 19.8 Å². The van der Waals surface area contributed by atoms with Crippen LogP contribution in [0.15, 0.2) is 42.5 Å². The summed E-state index contributed by atoms with van der Waals surface area (Å²) in [5.41, 5.74) is 2.16. The summed E-state index contributed by atoms with van der Waals surface area (Å²) in [6.07, 6.45) is 1.97. The molecule has 2 saturated heterocycles. The lowest BCUT2D eigenvalue weighted by atomic mass is 9.96. The number of anilines is 2. The Kier molecular flexibility index (Phi) is 6.60. The van der Waals surface area contributed by atoms with Crippen molar-refractivity contribution in [2.24, 2.45) is 5.92 Å². The van der Waals surface area contributed by atoms with E-state index in [-0.39, 0.29) is 11.8 Å². The highest BCUT2D eigenvalue weighted by atomic mass is 35.5. The lowest BCUT2D eigenvalue weighted by Crippen LogP contribution is -2.52. The highest BCUT2D eigenvalue weighted by Gasteiger charge is 2.32. The van der Waals surface area contributed by atoms with Gasteiger partial charge in [-0.3, -0.25) is 4.79 Å². The molecule has 5 rings (SSSR count). The van der Waals surface area contributed by atoms with Crippen LogP contribution in [0.3, 0.4) is 0 Å². The molecule has 2 aliphatic rings. The predicted molar refractivity (Wildman–Crippen MR) is 136 cm³/mol. The number of hydrogen-bond donors (Lipinski definition) is 0. The van der Waals surface area contributed by atoms with Gasteiger partial charge < -0.3 is 19.4 Å². The average Bonchev–Trinajstić information content (AvgIpc) is 3.28. The fourth-order valence-corrected chi connectivity index (χ4v) is 5.89. The van der Waals surface area contributed by atoms with Gasteiger partial charge in [-0.2, -0.15) is 0 Å². The molecule has 1 aromatic heterocycles. The molecule has 0 bridgehead atoms. The Hall–Kier alpha value is -2.51. The average molecular weight is 485 g/mol. The third-order valence-electron chi connectivity index (χ3n) is 6.48. The second kappa shape index (κ2) is 9.77. The number of piperazine rings is 1. The largest absolute Gasteiger partial charge is 0.494 e. The Morgan fingerprint density at radius 2 is 1.88 bits per heavy atom. The maximum absolute atomic E-state index is 13.3. The standard InChI is InChI=1S/C25H29ClN4O2S/c1-2-32-21-9-10-22-23(16-21)33-25(27-22)30-11-3-4-18(17-30)24(31)29-14-12-28(13-15-29)20-7-5-19(26)6-8-20/h5-10,16,18H,2-4,11-15,17H2,1H3/t18-/m1/s1. The molecule has 2 fully saturated rings. The number of thiazole rings is 1. The van der Waals surface area contributed by atoms with E-state index in [0.717, 1.165) is 78.2 Å².